The van der Waals surface area contributed by atoms with Crippen LogP contribution in [0.1, 0.15) is 60.3 Å². The van der Waals surface area contributed by atoms with Crippen molar-refractivity contribution in [3.8, 4) is 0 Å². The lowest BCUT2D eigenvalue weighted by Crippen LogP contribution is -2.26. The summed E-state index contributed by atoms with van der Waals surface area (Å²) >= 11 is 0. The second-order valence-electron chi connectivity index (χ2n) is 8.46. The third-order valence-electron chi connectivity index (χ3n) is 5.65. The van der Waals surface area contributed by atoms with E-state index in [0.29, 0.717) is 24.2 Å². The maximum atomic E-state index is 12.2. The fraction of sp³-hybridized carbons (Fsp3) is 0.700. The molecular formula is C20H30O3. The fourth-order valence-corrected chi connectivity index (χ4v) is 3.89. The molecule has 0 aliphatic heterocycles. The van der Waals surface area contributed by atoms with Gasteiger partial charge in [-0.1, -0.05) is 26.8 Å². The number of aliphatic hydroxyl groups is 1. The van der Waals surface area contributed by atoms with Crippen LogP contribution in [-0.2, 0) is 9.59 Å². The van der Waals surface area contributed by atoms with Gasteiger partial charge >= 0.3 is 0 Å². The molecule has 0 amide bonds. The van der Waals surface area contributed by atoms with Crippen LogP contribution in [0.2, 0.25) is 0 Å². The highest BCUT2D eigenvalue weighted by molar-refractivity contribution is 6.03. The van der Waals surface area contributed by atoms with Gasteiger partial charge < -0.3 is 5.11 Å². The smallest absolute Gasteiger partial charge is 0.181 e. The number of hydrogen-bond acceptors (Lipinski definition) is 3. The van der Waals surface area contributed by atoms with Crippen LogP contribution in [0.25, 0.3) is 0 Å². The highest BCUT2D eigenvalue weighted by Crippen LogP contribution is 2.61. The van der Waals surface area contributed by atoms with Crippen molar-refractivity contribution in [2.45, 2.75) is 65.9 Å². The molecular weight excluding hydrogens is 288 g/mol. The summed E-state index contributed by atoms with van der Waals surface area (Å²) in [5.41, 5.74) is -0.284. The zero-order chi connectivity index (χ0) is 17.4. The van der Waals surface area contributed by atoms with Crippen molar-refractivity contribution < 1.29 is 14.7 Å². The molecule has 1 N–H and O–H groups in total. The number of carbonyl (C=O) groups is 2. The van der Waals surface area contributed by atoms with Crippen LogP contribution >= 0.6 is 0 Å². The second-order valence-corrected chi connectivity index (χ2v) is 8.46. The van der Waals surface area contributed by atoms with E-state index in [2.05, 4.69) is 26.8 Å². The van der Waals surface area contributed by atoms with E-state index < -0.39 is 5.60 Å². The van der Waals surface area contributed by atoms with Crippen molar-refractivity contribution in [2.24, 2.45) is 23.2 Å². The molecule has 2 aliphatic carbocycles. The van der Waals surface area contributed by atoms with E-state index in [1.807, 2.05) is 6.92 Å². The molecule has 0 bridgehead atoms. The number of fused-ring (bicyclic) bond motifs is 1. The lowest BCUT2D eigenvalue weighted by molar-refractivity contribution is -0.123. The Kier molecular flexibility index (Phi) is 5.00. The Morgan fingerprint density at radius 1 is 1.17 bits per heavy atom. The fourth-order valence-electron chi connectivity index (χ4n) is 3.89. The summed E-state index contributed by atoms with van der Waals surface area (Å²) in [5.74, 6) is 1.36. The van der Waals surface area contributed by atoms with Crippen LogP contribution in [0.3, 0.4) is 0 Å². The predicted octanol–water partition coefficient (Wildman–Crippen LogP) is 3.86. The van der Waals surface area contributed by atoms with Crippen molar-refractivity contribution in [3.05, 3.63) is 23.8 Å². The molecule has 1 saturated carbocycles. The van der Waals surface area contributed by atoms with Gasteiger partial charge in [-0.25, -0.2) is 0 Å². The minimum absolute atomic E-state index is 0.0653. The molecule has 0 aromatic rings. The van der Waals surface area contributed by atoms with Crippen molar-refractivity contribution in [1.82, 2.24) is 0 Å². The van der Waals surface area contributed by atoms with Gasteiger partial charge in [0.25, 0.3) is 0 Å². The molecule has 3 heteroatoms. The molecule has 0 radical (unpaired) electrons. The number of carbonyl (C=O) groups excluding carboxylic acids is 2. The van der Waals surface area contributed by atoms with Gasteiger partial charge in [0, 0.05) is 12.8 Å². The maximum absolute atomic E-state index is 12.2. The van der Waals surface area contributed by atoms with Crippen LogP contribution in [-0.4, -0.2) is 22.3 Å². The number of rotatable bonds is 0. The van der Waals surface area contributed by atoms with E-state index in [-0.39, 0.29) is 23.4 Å². The molecule has 0 saturated heterocycles. The van der Waals surface area contributed by atoms with Gasteiger partial charge in [-0.05, 0) is 67.6 Å². The lowest BCUT2D eigenvalue weighted by Gasteiger charge is -2.19. The van der Waals surface area contributed by atoms with Crippen LogP contribution in [0, 0.1) is 23.2 Å². The monoisotopic (exact) mass is 318 g/mol. The van der Waals surface area contributed by atoms with Crippen LogP contribution in [0.4, 0.5) is 0 Å². The van der Waals surface area contributed by atoms with E-state index in [1.54, 1.807) is 6.92 Å². The molecule has 2 aliphatic rings. The number of ketones is 2. The molecule has 0 aromatic carbocycles. The summed E-state index contributed by atoms with van der Waals surface area (Å²) in [6.07, 6.45) is 7.68. The first-order valence-electron chi connectivity index (χ1n) is 8.69. The summed E-state index contributed by atoms with van der Waals surface area (Å²) < 4.78 is 0. The molecule has 2 rings (SSSR count). The Labute approximate surface area is 139 Å². The Morgan fingerprint density at radius 2 is 1.83 bits per heavy atom. The Balaban J connectivity index is 2.24. The summed E-state index contributed by atoms with van der Waals surface area (Å²) in [4.78, 5) is 24.4. The third-order valence-corrected chi connectivity index (χ3v) is 5.65. The largest absolute Gasteiger partial charge is 0.386 e. The summed E-state index contributed by atoms with van der Waals surface area (Å²) in [6, 6.07) is 0. The van der Waals surface area contributed by atoms with Gasteiger partial charge in [-0.15, -0.1) is 0 Å². The molecule has 3 nitrogen and oxygen atoms in total. The minimum Gasteiger partial charge on any atom is -0.386 e. The lowest BCUT2D eigenvalue weighted by atomic mass is 9.90. The average Bonchev–Trinajstić information content (AvgIpc) is 2.92. The normalized spacial score (nSPS) is 42.2. The Morgan fingerprint density at radius 3 is 2.48 bits per heavy atom. The van der Waals surface area contributed by atoms with E-state index in [0.717, 1.165) is 18.4 Å². The quantitative estimate of drug-likeness (QED) is 0.738. The number of allylic oxidation sites excluding steroid dienone is 3. The first-order valence-corrected chi connectivity index (χ1v) is 8.69. The third kappa shape index (κ3) is 4.41. The minimum atomic E-state index is -1.25. The number of hydrogen-bond donors (Lipinski definition) is 1. The highest BCUT2D eigenvalue weighted by Gasteiger charge is 2.55. The molecule has 1 fully saturated rings. The standard InChI is InChI=1S/C20H30O3/c1-13-6-7-16-17(19(16,3)4)11-14(2)18(22)8-9-20(5,23)12-15(21)10-13/h8-9,11,13,16-17,23H,6-7,10,12H2,1-5H3/b9-8+,14-11+/t13-,16-,17+,20+/m0/s1. The maximum Gasteiger partial charge on any atom is 0.181 e. The molecule has 0 aromatic heterocycles. The zero-order valence-electron chi connectivity index (χ0n) is 15.1. The van der Waals surface area contributed by atoms with Crippen LogP contribution in [0.5, 0.6) is 0 Å². The molecule has 0 heterocycles. The van der Waals surface area contributed by atoms with E-state index in [4.69, 9.17) is 0 Å². The topological polar surface area (TPSA) is 54.4 Å². The average molecular weight is 318 g/mol. The molecule has 0 spiro atoms. The zero-order valence-corrected chi connectivity index (χ0v) is 15.1. The van der Waals surface area contributed by atoms with Crippen molar-refractivity contribution in [1.29, 1.82) is 0 Å². The van der Waals surface area contributed by atoms with E-state index in [1.165, 1.54) is 12.2 Å². The Hall–Kier alpha value is -1.22. The molecule has 23 heavy (non-hydrogen) atoms. The van der Waals surface area contributed by atoms with E-state index in [9.17, 15) is 14.7 Å². The Bertz CT molecular complexity index is 551. The molecule has 0 unspecified atom stereocenters. The van der Waals surface area contributed by atoms with Gasteiger partial charge in [0.2, 0.25) is 0 Å². The van der Waals surface area contributed by atoms with Gasteiger partial charge in [-0.2, -0.15) is 0 Å². The van der Waals surface area contributed by atoms with E-state index >= 15 is 0 Å². The molecule has 4 atom stereocenters. The summed E-state index contributed by atoms with van der Waals surface area (Å²) in [7, 11) is 0. The van der Waals surface area contributed by atoms with Gasteiger partial charge in [-0.3, -0.25) is 9.59 Å². The van der Waals surface area contributed by atoms with Crippen molar-refractivity contribution in [2.75, 3.05) is 0 Å². The summed E-state index contributed by atoms with van der Waals surface area (Å²) in [5, 5.41) is 10.3. The number of Topliss-reactive ketones (excluding diaryl/α,β-unsaturated/α-hetero) is 1. The SMILES string of the molecule is C/C1=C\[C@@H]2[C@H](CC[C@H](C)CC(=O)C[C@](C)(O)/C=C/C1=O)C2(C)C. The highest BCUT2D eigenvalue weighted by atomic mass is 16.3. The molecule has 128 valence electrons. The second kappa shape index (κ2) is 6.35. The van der Waals surface area contributed by atoms with Crippen LogP contribution in [0.15, 0.2) is 23.8 Å². The van der Waals surface area contributed by atoms with Gasteiger partial charge in [0.15, 0.2) is 5.78 Å². The predicted molar refractivity (Wildman–Crippen MR) is 91.9 cm³/mol. The first kappa shape index (κ1) is 18.1. The summed E-state index contributed by atoms with van der Waals surface area (Å²) in [6.45, 7) is 10.1. The van der Waals surface area contributed by atoms with Crippen molar-refractivity contribution >= 4 is 11.6 Å². The van der Waals surface area contributed by atoms with Crippen LogP contribution < -0.4 is 0 Å². The van der Waals surface area contributed by atoms with Crippen molar-refractivity contribution in [3.63, 3.8) is 0 Å². The van der Waals surface area contributed by atoms with Gasteiger partial charge in [0.1, 0.15) is 5.78 Å². The van der Waals surface area contributed by atoms with Gasteiger partial charge in [0.05, 0.1) is 5.60 Å². The first-order chi connectivity index (χ1) is 10.5.